The van der Waals surface area contributed by atoms with E-state index in [2.05, 4.69) is 10.1 Å². The van der Waals surface area contributed by atoms with Crippen molar-refractivity contribution in [2.24, 2.45) is 7.05 Å². The Labute approximate surface area is 145 Å². The highest BCUT2D eigenvalue weighted by Gasteiger charge is 2.28. The summed E-state index contributed by atoms with van der Waals surface area (Å²) in [7, 11) is 1.67. The molecule has 25 heavy (non-hydrogen) atoms. The molecule has 0 spiro atoms. The van der Waals surface area contributed by atoms with Gasteiger partial charge in [-0.15, -0.1) is 0 Å². The van der Waals surface area contributed by atoms with E-state index < -0.39 is 23.8 Å². The molecule has 1 N–H and O–H groups in total. The zero-order chi connectivity index (χ0) is 18.7. The van der Waals surface area contributed by atoms with Crippen molar-refractivity contribution < 1.29 is 23.9 Å². The topological polar surface area (TPSA) is 103 Å². The molecule has 0 aliphatic heterocycles. The molecule has 2 heterocycles. The van der Waals surface area contributed by atoms with Gasteiger partial charge in [0.1, 0.15) is 0 Å². The van der Waals surface area contributed by atoms with Crippen molar-refractivity contribution >= 4 is 17.7 Å². The third-order valence-corrected chi connectivity index (χ3v) is 3.76. The van der Waals surface area contributed by atoms with E-state index in [4.69, 9.17) is 9.47 Å². The zero-order valence-corrected chi connectivity index (χ0v) is 14.9. The van der Waals surface area contributed by atoms with E-state index in [0.717, 1.165) is 0 Å². The number of ketones is 1. The van der Waals surface area contributed by atoms with Gasteiger partial charge in [-0.05, 0) is 33.3 Å². The molecule has 0 bridgehead atoms. The van der Waals surface area contributed by atoms with Gasteiger partial charge in [-0.25, -0.2) is 9.59 Å². The summed E-state index contributed by atoms with van der Waals surface area (Å²) in [5.41, 5.74) is 1.83. The normalized spacial score (nSPS) is 11.9. The molecule has 0 aliphatic rings. The van der Waals surface area contributed by atoms with Gasteiger partial charge in [-0.1, -0.05) is 0 Å². The van der Waals surface area contributed by atoms with Gasteiger partial charge in [0, 0.05) is 18.9 Å². The van der Waals surface area contributed by atoms with Gasteiger partial charge in [0.05, 0.1) is 29.6 Å². The number of nitrogens with one attached hydrogen (secondary N) is 1. The molecule has 0 unspecified atom stereocenters. The number of hydrogen-bond acceptors (Lipinski definition) is 6. The van der Waals surface area contributed by atoms with Crippen LogP contribution in [0.2, 0.25) is 0 Å². The van der Waals surface area contributed by atoms with Crippen LogP contribution in [0.3, 0.4) is 0 Å². The van der Waals surface area contributed by atoms with Crippen LogP contribution >= 0.6 is 0 Å². The quantitative estimate of drug-likeness (QED) is 0.633. The standard InChI is InChI=1S/C17H21N3O5/c1-6-24-17(23)13-9(2)14(19-10(13)3)15(21)11(4)25-16(22)12-7-18-20(5)8-12/h7-8,11,19H,6H2,1-5H3/t11-/m0/s1. The van der Waals surface area contributed by atoms with Gasteiger partial charge >= 0.3 is 11.9 Å². The van der Waals surface area contributed by atoms with E-state index >= 15 is 0 Å². The number of aryl methyl sites for hydroxylation is 2. The summed E-state index contributed by atoms with van der Waals surface area (Å²) in [6.45, 7) is 6.77. The van der Waals surface area contributed by atoms with E-state index in [1.807, 2.05) is 0 Å². The molecule has 8 nitrogen and oxygen atoms in total. The van der Waals surface area contributed by atoms with Gasteiger partial charge in [0.15, 0.2) is 6.10 Å². The SMILES string of the molecule is CCOC(=O)c1c(C)[nH]c(C(=O)[C@H](C)OC(=O)c2cnn(C)c2)c1C. The summed E-state index contributed by atoms with van der Waals surface area (Å²) in [6.07, 6.45) is 1.85. The molecule has 0 aromatic carbocycles. The third kappa shape index (κ3) is 3.78. The molecular formula is C17H21N3O5. The van der Waals surface area contributed by atoms with Gasteiger partial charge in [-0.3, -0.25) is 9.48 Å². The molecule has 1 atom stereocenters. The average molecular weight is 347 g/mol. The fraction of sp³-hybridized carbons (Fsp3) is 0.412. The van der Waals surface area contributed by atoms with Crippen molar-refractivity contribution in [3.8, 4) is 0 Å². The summed E-state index contributed by atoms with van der Waals surface area (Å²) >= 11 is 0. The molecule has 0 aliphatic carbocycles. The second-order valence-electron chi connectivity index (χ2n) is 5.66. The van der Waals surface area contributed by atoms with Gasteiger partial charge in [-0.2, -0.15) is 5.10 Å². The maximum atomic E-state index is 12.6. The second-order valence-corrected chi connectivity index (χ2v) is 5.66. The lowest BCUT2D eigenvalue weighted by atomic mass is 10.1. The molecular weight excluding hydrogens is 326 g/mol. The lowest BCUT2D eigenvalue weighted by molar-refractivity contribution is 0.0316. The Bertz CT molecular complexity index is 818. The largest absolute Gasteiger partial charge is 0.462 e. The minimum absolute atomic E-state index is 0.229. The number of carbonyl (C=O) groups excluding carboxylic acids is 3. The molecule has 0 fully saturated rings. The van der Waals surface area contributed by atoms with Crippen molar-refractivity contribution in [1.82, 2.24) is 14.8 Å². The number of rotatable bonds is 6. The predicted molar refractivity (Wildman–Crippen MR) is 88.6 cm³/mol. The highest BCUT2D eigenvalue weighted by Crippen LogP contribution is 2.21. The highest BCUT2D eigenvalue weighted by atomic mass is 16.5. The van der Waals surface area contributed by atoms with Gasteiger partial charge in [0.2, 0.25) is 5.78 Å². The number of ether oxygens (including phenoxy) is 2. The first-order chi connectivity index (χ1) is 11.8. The maximum absolute atomic E-state index is 12.6. The van der Waals surface area contributed by atoms with Crippen LogP contribution in [-0.2, 0) is 16.5 Å². The lowest BCUT2D eigenvalue weighted by Gasteiger charge is -2.11. The number of aromatic amines is 1. The van der Waals surface area contributed by atoms with Crippen molar-refractivity contribution in [3.63, 3.8) is 0 Å². The number of Topliss-reactive ketones (excluding diaryl/α,β-unsaturated/α-hetero) is 1. The first-order valence-corrected chi connectivity index (χ1v) is 7.86. The number of aromatic nitrogens is 3. The Morgan fingerprint density at radius 2 is 1.96 bits per heavy atom. The Kier molecular flexibility index (Phi) is 5.41. The van der Waals surface area contributed by atoms with Crippen LogP contribution in [0.5, 0.6) is 0 Å². The fourth-order valence-electron chi connectivity index (χ4n) is 2.52. The number of carbonyl (C=O) groups is 3. The van der Waals surface area contributed by atoms with Crippen molar-refractivity contribution in [1.29, 1.82) is 0 Å². The van der Waals surface area contributed by atoms with Crippen molar-refractivity contribution in [3.05, 3.63) is 40.5 Å². The van der Waals surface area contributed by atoms with E-state index in [1.165, 1.54) is 24.0 Å². The molecule has 2 aromatic rings. The molecule has 0 radical (unpaired) electrons. The van der Waals surface area contributed by atoms with Crippen LogP contribution < -0.4 is 0 Å². The fourth-order valence-corrected chi connectivity index (χ4v) is 2.52. The van der Waals surface area contributed by atoms with Crippen LogP contribution in [0.1, 0.15) is 56.3 Å². The molecule has 2 rings (SSSR count). The van der Waals surface area contributed by atoms with E-state index in [9.17, 15) is 14.4 Å². The third-order valence-electron chi connectivity index (χ3n) is 3.76. The molecule has 0 saturated heterocycles. The van der Waals surface area contributed by atoms with E-state index in [1.54, 1.807) is 27.8 Å². The summed E-state index contributed by atoms with van der Waals surface area (Å²) in [5, 5.41) is 3.89. The average Bonchev–Trinajstić information content (AvgIpc) is 3.10. The van der Waals surface area contributed by atoms with Crippen LogP contribution in [0.25, 0.3) is 0 Å². The molecule has 0 amide bonds. The van der Waals surface area contributed by atoms with Gasteiger partial charge in [0.25, 0.3) is 0 Å². The highest BCUT2D eigenvalue weighted by molar-refractivity contribution is 6.04. The molecule has 134 valence electrons. The monoisotopic (exact) mass is 347 g/mol. The minimum atomic E-state index is -1.01. The summed E-state index contributed by atoms with van der Waals surface area (Å²) in [5.74, 6) is -1.55. The smallest absolute Gasteiger partial charge is 0.342 e. The molecule has 0 saturated carbocycles. The Balaban J connectivity index is 2.18. The van der Waals surface area contributed by atoms with Crippen LogP contribution in [0.15, 0.2) is 12.4 Å². The van der Waals surface area contributed by atoms with Crippen molar-refractivity contribution in [2.45, 2.75) is 33.8 Å². The Morgan fingerprint density at radius 3 is 2.52 bits per heavy atom. The number of H-pyrrole nitrogens is 1. The number of esters is 2. The molecule has 8 heteroatoms. The Morgan fingerprint density at radius 1 is 1.28 bits per heavy atom. The van der Waals surface area contributed by atoms with E-state index in [-0.39, 0.29) is 17.9 Å². The number of hydrogen-bond donors (Lipinski definition) is 1. The zero-order valence-electron chi connectivity index (χ0n) is 14.9. The Hall–Kier alpha value is -2.90. The predicted octanol–water partition coefficient (Wildman–Crippen LogP) is 1.97. The van der Waals surface area contributed by atoms with Crippen molar-refractivity contribution in [2.75, 3.05) is 6.61 Å². The lowest BCUT2D eigenvalue weighted by Crippen LogP contribution is -2.25. The molecule has 2 aromatic heterocycles. The summed E-state index contributed by atoms with van der Waals surface area (Å²) < 4.78 is 11.7. The van der Waals surface area contributed by atoms with Crippen LogP contribution in [-0.4, -0.2) is 45.2 Å². The van der Waals surface area contributed by atoms with Crippen LogP contribution in [0.4, 0.5) is 0 Å². The van der Waals surface area contributed by atoms with Crippen LogP contribution in [0, 0.1) is 13.8 Å². The first-order valence-electron chi connectivity index (χ1n) is 7.86. The first kappa shape index (κ1) is 18.4. The van der Waals surface area contributed by atoms with E-state index in [0.29, 0.717) is 16.8 Å². The maximum Gasteiger partial charge on any atom is 0.342 e. The van der Waals surface area contributed by atoms with Gasteiger partial charge < -0.3 is 14.5 Å². The summed E-state index contributed by atoms with van der Waals surface area (Å²) in [6, 6.07) is 0. The number of nitrogens with zero attached hydrogens (tertiary/aromatic N) is 2. The second kappa shape index (κ2) is 7.33. The summed E-state index contributed by atoms with van der Waals surface area (Å²) in [4.78, 5) is 39.5. The minimum Gasteiger partial charge on any atom is -0.462 e.